The molecule has 4 aromatic carbocycles. The average Bonchev–Trinajstić information content (AvgIpc) is 3.26. The first-order chi connectivity index (χ1) is 30.8. The average molecular weight is 963 g/mol. The van der Waals surface area contributed by atoms with Crippen LogP contribution in [0, 0.1) is 0 Å². The van der Waals surface area contributed by atoms with Crippen LogP contribution in [0.25, 0.3) is 0 Å². The molecule has 4 rings (SSSR count). The van der Waals surface area contributed by atoms with Crippen LogP contribution in [0.1, 0.15) is 179 Å². The standard InChI is InChI=1S/2C26H38O5S.Ca/c2*1-2-3-4-5-6-7-8-9-10-11-12-13-15-22-20-23(27)18-19-26(22)31-24-16-14-17-25(21-24)32(28,29)30;/h2*14,16-21,27H,2-13,15H2,1H3,(H,28,29,30);/q;;+2/p-2. The third-order valence-corrected chi connectivity index (χ3v) is 13.0. The largest absolute Gasteiger partial charge is 2.00 e. The molecular formula is C52H74CaO10S2. The van der Waals surface area contributed by atoms with E-state index >= 15 is 0 Å². The van der Waals surface area contributed by atoms with Gasteiger partial charge in [-0.1, -0.05) is 179 Å². The molecule has 2 N–H and O–H groups in total. The van der Waals surface area contributed by atoms with Crippen molar-refractivity contribution in [3.05, 3.63) is 96.1 Å². The van der Waals surface area contributed by atoms with Gasteiger partial charge in [-0.2, -0.15) is 8.42 Å². The number of hydrogen-bond acceptors (Lipinski definition) is 9. The van der Waals surface area contributed by atoms with Crippen LogP contribution in [0.15, 0.2) is 94.7 Å². The molecule has 356 valence electrons. The summed E-state index contributed by atoms with van der Waals surface area (Å²) in [6.07, 6.45) is 32.1. The van der Waals surface area contributed by atoms with Crippen molar-refractivity contribution in [2.75, 3.05) is 0 Å². The smallest absolute Gasteiger partial charge is 0.872 e. The van der Waals surface area contributed by atoms with Gasteiger partial charge in [-0.25, -0.2) is 8.42 Å². The van der Waals surface area contributed by atoms with Crippen LogP contribution >= 0.6 is 0 Å². The molecule has 0 saturated heterocycles. The summed E-state index contributed by atoms with van der Waals surface area (Å²) in [6.45, 7) is 4.49. The molecule has 4 aromatic rings. The molecule has 10 nitrogen and oxygen atoms in total. The van der Waals surface area contributed by atoms with E-state index in [9.17, 15) is 36.2 Å². The van der Waals surface area contributed by atoms with E-state index < -0.39 is 20.2 Å². The number of phenols is 1. The van der Waals surface area contributed by atoms with Crippen LogP contribution in [-0.2, 0) is 33.1 Å². The molecule has 0 unspecified atom stereocenters. The first-order valence-corrected chi connectivity index (χ1v) is 26.8. The summed E-state index contributed by atoms with van der Waals surface area (Å²) >= 11 is 0. The predicted octanol–water partition coefficient (Wildman–Crippen LogP) is 14.0. The van der Waals surface area contributed by atoms with Gasteiger partial charge in [-0.3, -0.25) is 4.55 Å². The van der Waals surface area contributed by atoms with Crippen molar-refractivity contribution < 1.29 is 45.6 Å². The minimum absolute atomic E-state index is 0. The molecule has 0 radical (unpaired) electrons. The summed E-state index contributed by atoms with van der Waals surface area (Å²) < 4.78 is 77.3. The van der Waals surface area contributed by atoms with Crippen molar-refractivity contribution in [3.8, 4) is 34.5 Å². The van der Waals surface area contributed by atoms with Crippen LogP contribution in [0.5, 0.6) is 34.5 Å². The topological polar surface area (TPSA) is 173 Å². The maximum Gasteiger partial charge on any atom is 2.00 e. The Bertz CT molecular complexity index is 1970. The molecule has 0 aliphatic heterocycles. The number of aromatic hydroxyl groups is 1. The number of rotatable bonds is 32. The molecule has 0 atom stereocenters. The summed E-state index contributed by atoms with van der Waals surface area (Å²) in [4.78, 5) is -0.547. The number of benzene rings is 4. The van der Waals surface area contributed by atoms with Gasteiger partial charge in [0.25, 0.3) is 10.1 Å². The number of ether oxygens (including phenoxy) is 2. The van der Waals surface area contributed by atoms with E-state index in [1.54, 1.807) is 42.5 Å². The van der Waals surface area contributed by atoms with E-state index in [-0.39, 0.29) is 64.8 Å². The van der Waals surface area contributed by atoms with E-state index in [0.29, 0.717) is 17.2 Å². The summed E-state index contributed by atoms with van der Waals surface area (Å²) in [5.74, 6) is 1.78. The zero-order chi connectivity index (χ0) is 46.5. The fourth-order valence-electron chi connectivity index (χ4n) is 7.67. The van der Waals surface area contributed by atoms with Crippen LogP contribution in [-0.4, -0.2) is 68.8 Å². The van der Waals surface area contributed by atoms with Crippen molar-refractivity contribution in [1.82, 2.24) is 0 Å². The number of unbranched alkanes of at least 4 members (excludes halogenated alkanes) is 22. The molecule has 0 saturated carbocycles. The Hall–Kier alpha value is -2.84. The molecule has 0 aromatic heterocycles. The van der Waals surface area contributed by atoms with Gasteiger partial charge in [0.2, 0.25) is 0 Å². The molecule has 0 aliphatic carbocycles. The first-order valence-electron chi connectivity index (χ1n) is 23.9. The van der Waals surface area contributed by atoms with Crippen molar-refractivity contribution in [2.24, 2.45) is 0 Å². The van der Waals surface area contributed by atoms with Crippen molar-refractivity contribution in [1.29, 1.82) is 0 Å². The Balaban J connectivity index is 0.000000440. The minimum Gasteiger partial charge on any atom is -0.872 e. The van der Waals surface area contributed by atoms with Crippen molar-refractivity contribution >= 4 is 58.0 Å². The Morgan fingerprint density at radius 1 is 0.477 bits per heavy atom. The zero-order valence-corrected chi connectivity index (χ0v) is 43.0. The number of phenolic OH excluding ortho intramolecular Hbond substituents is 1. The number of aryl methyl sites for hydroxylation is 2. The first kappa shape index (κ1) is 58.3. The Kier molecular flexibility index (Phi) is 30.1. The summed E-state index contributed by atoms with van der Waals surface area (Å²) in [7, 11) is -8.84. The normalized spacial score (nSPS) is 11.4. The fraction of sp³-hybridized carbons (Fsp3) is 0.538. The van der Waals surface area contributed by atoms with Crippen LogP contribution in [0.4, 0.5) is 0 Å². The van der Waals surface area contributed by atoms with Crippen LogP contribution in [0.2, 0.25) is 0 Å². The molecule has 0 heterocycles. The molecule has 0 aliphatic rings. The summed E-state index contributed by atoms with van der Waals surface area (Å²) in [5, 5.41) is 21.7. The third kappa shape index (κ3) is 25.8. The van der Waals surface area contributed by atoms with E-state index in [1.165, 1.54) is 171 Å². The van der Waals surface area contributed by atoms with E-state index in [2.05, 4.69) is 13.8 Å². The Morgan fingerprint density at radius 3 is 1.26 bits per heavy atom. The fourth-order valence-corrected chi connectivity index (χ4v) is 8.69. The van der Waals surface area contributed by atoms with Gasteiger partial charge < -0.3 is 24.2 Å². The molecule has 0 bridgehead atoms. The molecule has 13 heteroatoms. The van der Waals surface area contributed by atoms with Gasteiger partial charge in [-0.15, -0.1) is 5.75 Å². The van der Waals surface area contributed by atoms with Gasteiger partial charge in [0.15, 0.2) is 0 Å². The molecule has 0 amide bonds. The second-order valence-corrected chi connectivity index (χ2v) is 19.7. The van der Waals surface area contributed by atoms with Crippen molar-refractivity contribution in [2.45, 2.75) is 191 Å². The number of hydrogen-bond donors (Lipinski definition) is 2. The van der Waals surface area contributed by atoms with Gasteiger partial charge in [0.1, 0.15) is 38.9 Å². The van der Waals surface area contributed by atoms with Gasteiger partial charge >= 0.3 is 37.7 Å². The summed E-state index contributed by atoms with van der Waals surface area (Å²) in [6, 6.07) is 20.8. The second-order valence-electron chi connectivity index (χ2n) is 16.9. The minimum atomic E-state index is -4.55. The monoisotopic (exact) mass is 962 g/mol. The third-order valence-electron chi connectivity index (χ3n) is 11.3. The molecule has 0 spiro atoms. The quantitative estimate of drug-likeness (QED) is 0.0272. The summed E-state index contributed by atoms with van der Waals surface area (Å²) in [5.41, 5.74) is 1.69. The van der Waals surface area contributed by atoms with E-state index in [0.717, 1.165) is 49.7 Å². The van der Waals surface area contributed by atoms with Crippen LogP contribution in [0.3, 0.4) is 0 Å². The SMILES string of the molecule is CCCCCCCCCCCCCCc1cc(O)ccc1Oc1cccc(S(=O)(=O)O)c1.CCCCCCCCCCCCCCc1cc([O-])ccc1Oc1cccc(S(=O)(=O)[O-])c1.[Ca+2]. The maximum absolute atomic E-state index is 11.8. The van der Waals surface area contributed by atoms with Gasteiger partial charge in [0.05, 0.1) is 9.79 Å². The van der Waals surface area contributed by atoms with Gasteiger partial charge in [-0.05, 0) is 91.4 Å². The van der Waals surface area contributed by atoms with Gasteiger partial charge in [0, 0.05) is 6.07 Å². The molecular weight excluding hydrogens is 889 g/mol. The predicted molar refractivity (Wildman–Crippen MR) is 260 cm³/mol. The molecule has 65 heavy (non-hydrogen) atoms. The molecule has 0 fully saturated rings. The second kappa shape index (κ2) is 33.6. The Morgan fingerprint density at radius 2 is 0.846 bits per heavy atom. The van der Waals surface area contributed by atoms with Crippen LogP contribution < -0.4 is 14.6 Å². The van der Waals surface area contributed by atoms with Crippen molar-refractivity contribution in [3.63, 3.8) is 0 Å². The zero-order valence-electron chi connectivity index (χ0n) is 39.2. The Labute approximate surface area is 421 Å². The van der Waals surface area contributed by atoms with E-state index in [4.69, 9.17) is 9.47 Å². The van der Waals surface area contributed by atoms with E-state index in [1.807, 2.05) is 0 Å². The maximum atomic E-state index is 11.8.